The fraction of sp³-hybridized carbons (Fsp3) is 0.733. The van der Waals surface area contributed by atoms with Crippen molar-refractivity contribution in [2.75, 3.05) is 31.1 Å². The van der Waals surface area contributed by atoms with Crippen LogP contribution in [0.5, 0.6) is 0 Å². The van der Waals surface area contributed by atoms with Crippen molar-refractivity contribution in [3.05, 3.63) is 17.0 Å². The Kier molecular flexibility index (Phi) is 4.41. The Labute approximate surface area is 126 Å². The van der Waals surface area contributed by atoms with Crippen LogP contribution in [0.3, 0.4) is 0 Å². The Balaban J connectivity index is 1.60. The first-order valence-electron chi connectivity index (χ1n) is 7.72. The number of hydrogen-bond acceptors (Lipinski definition) is 4. The van der Waals surface area contributed by atoms with Crippen molar-refractivity contribution < 1.29 is 0 Å². The molecule has 0 unspecified atom stereocenters. The molecule has 2 fully saturated rings. The predicted octanol–water partition coefficient (Wildman–Crippen LogP) is 2.89. The molecule has 0 N–H and O–H groups in total. The Bertz CT molecular complexity index is 431. The van der Waals surface area contributed by atoms with Crippen molar-refractivity contribution in [2.24, 2.45) is 0 Å². The minimum atomic E-state index is 0.547. The van der Waals surface area contributed by atoms with E-state index in [1.54, 1.807) is 0 Å². The molecule has 1 aromatic rings. The summed E-state index contributed by atoms with van der Waals surface area (Å²) in [7, 11) is 0. The molecule has 0 spiro atoms. The van der Waals surface area contributed by atoms with Crippen LogP contribution in [0.1, 0.15) is 37.9 Å². The van der Waals surface area contributed by atoms with Crippen molar-refractivity contribution in [1.29, 1.82) is 0 Å². The lowest BCUT2D eigenvalue weighted by molar-refractivity contribution is 0.141. The molecule has 0 amide bonds. The summed E-state index contributed by atoms with van der Waals surface area (Å²) in [5.74, 6) is 1.74. The molecule has 4 nitrogen and oxygen atoms in total. The molecule has 3 heterocycles. The van der Waals surface area contributed by atoms with Gasteiger partial charge in [-0.2, -0.15) is 0 Å². The largest absolute Gasteiger partial charge is 0.356 e. The van der Waals surface area contributed by atoms with Crippen LogP contribution in [-0.4, -0.2) is 47.1 Å². The van der Waals surface area contributed by atoms with Gasteiger partial charge < -0.3 is 9.80 Å². The molecule has 0 saturated carbocycles. The molecule has 5 heteroatoms. The molecular formula is C15H23ClN4. The third-order valence-corrected chi connectivity index (χ3v) is 4.68. The van der Waals surface area contributed by atoms with Crippen LogP contribution in [-0.2, 0) is 0 Å². The van der Waals surface area contributed by atoms with E-state index < -0.39 is 0 Å². The molecule has 3 rings (SSSR count). The first-order chi connectivity index (χ1) is 9.72. The molecule has 110 valence electrons. The number of rotatable bonds is 2. The van der Waals surface area contributed by atoms with Crippen molar-refractivity contribution in [1.82, 2.24) is 14.9 Å². The van der Waals surface area contributed by atoms with E-state index in [2.05, 4.69) is 19.8 Å². The topological polar surface area (TPSA) is 32.3 Å². The van der Waals surface area contributed by atoms with Gasteiger partial charge in [0.1, 0.15) is 16.8 Å². The summed E-state index contributed by atoms with van der Waals surface area (Å²) in [4.78, 5) is 13.7. The maximum Gasteiger partial charge on any atom is 0.134 e. The summed E-state index contributed by atoms with van der Waals surface area (Å²) >= 11 is 6.03. The molecule has 0 radical (unpaired) electrons. The SMILES string of the molecule is Cc1nc(Cl)cc(N2CCC(N3CCCCC3)CC2)n1. The van der Waals surface area contributed by atoms with Crippen LogP contribution < -0.4 is 4.90 Å². The number of aromatic nitrogens is 2. The molecule has 0 aliphatic carbocycles. The summed E-state index contributed by atoms with van der Waals surface area (Å²) in [6.07, 6.45) is 6.64. The van der Waals surface area contributed by atoms with Crippen LogP contribution in [0.2, 0.25) is 5.15 Å². The van der Waals surface area contributed by atoms with Gasteiger partial charge >= 0.3 is 0 Å². The van der Waals surface area contributed by atoms with Gasteiger partial charge in [0.05, 0.1) is 0 Å². The van der Waals surface area contributed by atoms with Crippen LogP contribution in [0.25, 0.3) is 0 Å². The predicted molar refractivity (Wildman–Crippen MR) is 82.4 cm³/mol. The highest BCUT2D eigenvalue weighted by molar-refractivity contribution is 6.29. The number of aryl methyl sites for hydroxylation is 1. The second-order valence-electron chi connectivity index (χ2n) is 5.91. The number of nitrogens with zero attached hydrogens (tertiary/aromatic N) is 4. The number of halogens is 1. The van der Waals surface area contributed by atoms with E-state index in [0.29, 0.717) is 5.15 Å². The van der Waals surface area contributed by atoms with E-state index in [9.17, 15) is 0 Å². The number of hydrogen-bond donors (Lipinski definition) is 0. The Morgan fingerprint density at radius 2 is 1.75 bits per heavy atom. The Hall–Kier alpha value is -0.870. The summed E-state index contributed by atoms with van der Waals surface area (Å²) in [6.45, 7) is 6.64. The molecule has 20 heavy (non-hydrogen) atoms. The standard InChI is InChI=1S/C15H23ClN4/c1-12-17-14(16)11-15(18-12)20-9-5-13(6-10-20)19-7-3-2-4-8-19/h11,13H,2-10H2,1H3. The second-order valence-corrected chi connectivity index (χ2v) is 6.30. The van der Waals surface area contributed by atoms with Crippen LogP contribution in [0.15, 0.2) is 6.07 Å². The average Bonchev–Trinajstić information content (AvgIpc) is 2.47. The monoisotopic (exact) mass is 294 g/mol. The number of anilines is 1. The molecular weight excluding hydrogens is 272 g/mol. The van der Waals surface area contributed by atoms with Crippen LogP contribution >= 0.6 is 11.6 Å². The van der Waals surface area contributed by atoms with E-state index >= 15 is 0 Å². The average molecular weight is 295 g/mol. The lowest BCUT2D eigenvalue weighted by Crippen LogP contribution is -2.47. The van der Waals surface area contributed by atoms with E-state index in [1.807, 2.05) is 13.0 Å². The third-order valence-electron chi connectivity index (χ3n) is 4.49. The van der Waals surface area contributed by atoms with Gasteiger partial charge in [0.25, 0.3) is 0 Å². The van der Waals surface area contributed by atoms with Crippen molar-refractivity contribution in [3.63, 3.8) is 0 Å². The van der Waals surface area contributed by atoms with Gasteiger partial charge in [0, 0.05) is 25.2 Å². The quantitative estimate of drug-likeness (QED) is 0.785. The number of likely N-dealkylation sites (tertiary alicyclic amines) is 1. The van der Waals surface area contributed by atoms with Crippen molar-refractivity contribution in [3.8, 4) is 0 Å². The first kappa shape index (κ1) is 14.1. The minimum absolute atomic E-state index is 0.547. The first-order valence-corrected chi connectivity index (χ1v) is 8.10. The summed E-state index contributed by atoms with van der Waals surface area (Å²) in [6, 6.07) is 2.65. The van der Waals surface area contributed by atoms with Gasteiger partial charge in [-0.15, -0.1) is 0 Å². The normalized spacial score (nSPS) is 22.2. The van der Waals surface area contributed by atoms with Gasteiger partial charge in [-0.05, 0) is 45.7 Å². The lowest BCUT2D eigenvalue weighted by Gasteiger charge is -2.40. The zero-order valence-electron chi connectivity index (χ0n) is 12.2. The van der Waals surface area contributed by atoms with Crippen molar-refractivity contribution in [2.45, 2.75) is 45.1 Å². The van der Waals surface area contributed by atoms with E-state index in [4.69, 9.17) is 11.6 Å². The summed E-state index contributed by atoms with van der Waals surface area (Å²) in [5.41, 5.74) is 0. The molecule has 2 aliphatic rings. The van der Waals surface area contributed by atoms with Crippen LogP contribution in [0, 0.1) is 6.92 Å². The molecule has 2 aliphatic heterocycles. The second kappa shape index (κ2) is 6.27. The van der Waals surface area contributed by atoms with Gasteiger partial charge in [0.15, 0.2) is 0 Å². The van der Waals surface area contributed by atoms with Gasteiger partial charge in [-0.25, -0.2) is 9.97 Å². The van der Waals surface area contributed by atoms with E-state index in [-0.39, 0.29) is 0 Å². The highest BCUT2D eigenvalue weighted by atomic mass is 35.5. The van der Waals surface area contributed by atoms with E-state index in [0.717, 1.165) is 30.8 Å². The molecule has 2 saturated heterocycles. The van der Waals surface area contributed by atoms with Crippen LogP contribution in [0.4, 0.5) is 5.82 Å². The Morgan fingerprint density at radius 1 is 1.05 bits per heavy atom. The molecule has 0 aromatic carbocycles. The lowest BCUT2D eigenvalue weighted by atomic mass is 10.00. The highest BCUT2D eigenvalue weighted by Crippen LogP contribution is 2.24. The Morgan fingerprint density at radius 3 is 2.40 bits per heavy atom. The summed E-state index contributed by atoms with van der Waals surface area (Å²) in [5, 5.41) is 0.547. The zero-order valence-corrected chi connectivity index (χ0v) is 12.9. The maximum absolute atomic E-state index is 6.03. The summed E-state index contributed by atoms with van der Waals surface area (Å²) < 4.78 is 0. The zero-order chi connectivity index (χ0) is 13.9. The third kappa shape index (κ3) is 3.23. The molecule has 0 atom stereocenters. The van der Waals surface area contributed by atoms with Gasteiger partial charge in [-0.1, -0.05) is 18.0 Å². The fourth-order valence-electron chi connectivity index (χ4n) is 3.42. The van der Waals surface area contributed by atoms with Gasteiger partial charge in [-0.3, -0.25) is 0 Å². The molecule has 1 aromatic heterocycles. The fourth-order valence-corrected chi connectivity index (χ4v) is 3.64. The minimum Gasteiger partial charge on any atom is -0.356 e. The highest BCUT2D eigenvalue weighted by Gasteiger charge is 2.26. The molecule has 0 bridgehead atoms. The number of piperidine rings is 2. The maximum atomic E-state index is 6.03. The van der Waals surface area contributed by atoms with Crippen molar-refractivity contribution >= 4 is 17.4 Å². The smallest absolute Gasteiger partial charge is 0.134 e. The van der Waals surface area contributed by atoms with Gasteiger partial charge in [0.2, 0.25) is 0 Å². The van der Waals surface area contributed by atoms with E-state index in [1.165, 1.54) is 45.2 Å².